The van der Waals surface area contributed by atoms with E-state index in [2.05, 4.69) is 15.3 Å². The number of nitrogens with zero attached hydrogens (tertiary/aromatic N) is 2. The van der Waals surface area contributed by atoms with E-state index in [-0.39, 0.29) is 23.1 Å². The molecule has 180 valence electrons. The van der Waals surface area contributed by atoms with E-state index >= 15 is 0 Å². The Labute approximate surface area is 209 Å². The molecule has 1 aromatic heterocycles. The molecule has 1 fully saturated rings. The van der Waals surface area contributed by atoms with Gasteiger partial charge in [-0.3, -0.25) is 4.79 Å². The van der Waals surface area contributed by atoms with Crippen LogP contribution in [0.4, 0.5) is 5.69 Å². The van der Waals surface area contributed by atoms with Gasteiger partial charge in [0.2, 0.25) is 15.9 Å². The lowest BCUT2D eigenvalue weighted by molar-refractivity contribution is -0.115. The number of carbonyl (C=O) groups excluding carboxylic acids is 1. The number of fused-ring (bicyclic) bond motifs is 1. The van der Waals surface area contributed by atoms with Crippen molar-refractivity contribution >= 4 is 44.3 Å². The lowest BCUT2D eigenvalue weighted by Crippen LogP contribution is -2.38. The van der Waals surface area contributed by atoms with Gasteiger partial charge in [0.25, 0.3) is 0 Å². The first kappa shape index (κ1) is 23.5. The van der Waals surface area contributed by atoms with E-state index in [0.29, 0.717) is 36.6 Å². The van der Waals surface area contributed by atoms with E-state index in [4.69, 9.17) is 11.6 Å². The predicted octanol–water partition coefficient (Wildman–Crippen LogP) is 4.97. The number of hydrogen-bond donors (Lipinski definition) is 2. The second-order valence-corrected chi connectivity index (χ2v) is 11.1. The van der Waals surface area contributed by atoms with E-state index in [9.17, 15) is 13.2 Å². The lowest BCUT2D eigenvalue weighted by Gasteiger charge is -2.30. The van der Waals surface area contributed by atoms with Gasteiger partial charge in [0, 0.05) is 29.7 Å². The fraction of sp³-hybridized carbons (Fsp3) is 0.231. The number of rotatable bonds is 6. The van der Waals surface area contributed by atoms with Crippen LogP contribution in [0.25, 0.3) is 11.0 Å². The molecule has 9 heteroatoms. The van der Waals surface area contributed by atoms with Gasteiger partial charge in [-0.1, -0.05) is 35.9 Å². The maximum absolute atomic E-state index is 13.2. The van der Waals surface area contributed by atoms with Crippen molar-refractivity contribution in [2.45, 2.75) is 30.1 Å². The Morgan fingerprint density at radius 2 is 1.69 bits per heavy atom. The predicted molar refractivity (Wildman–Crippen MR) is 137 cm³/mol. The average Bonchev–Trinajstić information content (AvgIpc) is 3.30. The van der Waals surface area contributed by atoms with Gasteiger partial charge in [-0.05, 0) is 66.9 Å². The number of piperidine rings is 1. The summed E-state index contributed by atoms with van der Waals surface area (Å²) in [7, 11) is -3.61. The zero-order chi connectivity index (χ0) is 24.4. The van der Waals surface area contributed by atoms with Crippen LogP contribution in [0, 0.1) is 0 Å². The highest BCUT2D eigenvalue weighted by Gasteiger charge is 2.31. The van der Waals surface area contributed by atoms with Gasteiger partial charge >= 0.3 is 0 Å². The monoisotopic (exact) mass is 508 g/mol. The quantitative estimate of drug-likeness (QED) is 0.384. The Morgan fingerprint density at radius 3 is 2.37 bits per heavy atom. The molecular weight excluding hydrogens is 484 g/mol. The van der Waals surface area contributed by atoms with Gasteiger partial charge in [-0.2, -0.15) is 4.31 Å². The third kappa shape index (κ3) is 5.24. The molecule has 35 heavy (non-hydrogen) atoms. The Bertz CT molecular complexity index is 1410. The SMILES string of the molecule is O=C(Cc1ccc(Cl)cc1)Nc1ccc(S(=O)(=O)N2CCC(c3nc4ccccc4[nH]3)CC2)cc1. The summed E-state index contributed by atoms with van der Waals surface area (Å²) in [6, 6.07) is 21.3. The van der Waals surface area contributed by atoms with Crippen molar-refractivity contribution in [2.75, 3.05) is 18.4 Å². The molecule has 1 amide bonds. The summed E-state index contributed by atoms with van der Waals surface area (Å²) in [4.78, 5) is 20.6. The van der Waals surface area contributed by atoms with Crippen LogP contribution < -0.4 is 5.32 Å². The number of sulfonamides is 1. The number of aromatic amines is 1. The molecule has 2 N–H and O–H groups in total. The number of imidazole rings is 1. The molecule has 1 aliphatic rings. The molecule has 0 aliphatic carbocycles. The summed E-state index contributed by atoms with van der Waals surface area (Å²) in [5, 5.41) is 3.42. The second kappa shape index (κ2) is 9.81. The van der Waals surface area contributed by atoms with Crippen LogP contribution in [0.2, 0.25) is 5.02 Å². The Kier molecular flexibility index (Phi) is 6.60. The number of amides is 1. The van der Waals surface area contributed by atoms with Crippen molar-refractivity contribution in [3.8, 4) is 0 Å². The van der Waals surface area contributed by atoms with E-state index in [1.807, 2.05) is 24.3 Å². The Morgan fingerprint density at radius 1 is 1.00 bits per heavy atom. The van der Waals surface area contributed by atoms with Gasteiger partial charge in [0.05, 0.1) is 22.3 Å². The van der Waals surface area contributed by atoms with Gasteiger partial charge in [0.15, 0.2) is 0 Å². The van der Waals surface area contributed by atoms with Crippen molar-refractivity contribution in [1.82, 2.24) is 14.3 Å². The number of para-hydroxylation sites is 2. The molecule has 5 rings (SSSR count). The number of nitrogens with one attached hydrogen (secondary N) is 2. The molecule has 7 nitrogen and oxygen atoms in total. The summed E-state index contributed by atoms with van der Waals surface area (Å²) in [6.45, 7) is 0.868. The smallest absolute Gasteiger partial charge is 0.243 e. The van der Waals surface area contributed by atoms with E-state index < -0.39 is 10.0 Å². The molecular formula is C26H25ClN4O3S. The zero-order valence-electron chi connectivity index (χ0n) is 18.9. The van der Waals surface area contributed by atoms with Gasteiger partial charge in [-0.15, -0.1) is 0 Å². The highest BCUT2D eigenvalue weighted by Crippen LogP contribution is 2.30. The topological polar surface area (TPSA) is 95.2 Å². The minimum Gasteiger partial charge on any atom is -0.342 e. The lowest BCUT2D eigenvalue weighted by atomic mass is 9.97. The standard InChI is InChI=1S/C26H25ClN4O3S/c27-20-7-5-18(6-8-20)17-25(32)28-21-9-11-22(12-10-21)35(33,34)31-15-13-19(14-16-31)26-29-23-3-1-2-4-24(23)30-26/h1-12,19H,13-17H2,(H,28,32)(H,29,30). The van der Waals surface area contributed by atoms with Gasteiger partial charge in [-0.25, -0.2) is 13.4 Å². The molecule has 0 atom stereocenters. The highest BCUT2D eigenvalue weighted by molar-refractivity contribution is 7.89. The second-order valence-electron chi connectivity index (χ2n) is 8.69. The molecule has 0 spiro atoms. The molecule has 1 aliphatic heterocycles. The van der Waals surface area contributed by atoms with Gasteiger partial charge in [0.1, 0.15) is 5.82 Å². The molecule has 4 aromatic rings. The number of halogens is 1. The number of aromatic nitrogens is 2. The molecule has 3 aromatic carbocycles. The fourth-order valence-electron chi connectivity index (χ4n) is 4.39. The van der Waals surface area contributed by atoms with Crippen molar-refractivity contribution in [3.63, 3.8) is 0 Å². The van der Waals surface area contributed by atoms with Crippen molar-refractivity contribution in [1.29, 1.82) is 0 Å². The van der Waals surface area contributed by atoms with E-state index in [1.165, 1.54) is 4.31 Å². The van der Waals surface area contributed by atoms with Crippen molar-refractivity contribution in [3.05, 3.63) is 89.2 Å². The third-order valence-electron chi connectivity index (χ3n) is 6.30. The van der Waals surface area contributed by atoms with Crippen LogP contribution >= 0.6 is 11.6 Å². The number of carbonyl (C=O) groups is 1. The number of benzene rings is 3. The fourth-order valence-corrected chi connectivity index (χ4v) is 5.98. The molecule has 1 saturated heterocycles. The zero-order valence-corrected chi connectivity index (χ0v) is 20.5. The Balaban J connectivity index is 1.19. The van der Waals surface area contributed by atoms with E-state index in [1.54, 1.807) is 48.5 Å². The molecule has 0 unspecified atom stereocenters. The summed E-state index contributed by atoms with van der Waals surface area (Å²) < 4.78 is 27.9. The van der Waals surface area contributed by atoms with Crippen LogP contribution in [0.15, 0.2) is 77.7 Å². The molecule has 0 saturated carbocycles. The van der Waals surface area contributed by atoms with E-state index in [0.717, 1.165) is 22.4 Å². The minimum absolute atomic E-state index is 0.185. The van der Waals surface area contributed by atoms with Crippen molar-refractivity contribution < 1.29 is 13.2 Å². The molecule has 0 bridgehead atoms. The molecule has 2 heterocycles. The first-order chi connectivity index (χ1) is 16.9. The maximum atomic E-state index is 13.2. The molecule has 0 radical (unpaired) electrons. The minimum atomic E-state index is -3.61. The van der Waals surface area contributed by atoms with Crippen LogP contribution in [-0.4, -0.2) is 41.7 Å². The highest BCUT2D eigenvalue weighted by atomic mass is 35.5. The van der Waals surface area contributed by atoms with Crippen LogP contribution in [0.5, 0.6) is 0 Å². The largest absolute Gasteiger partial charge is 0.342 e. The summed E-state index contributed by atoms with van der Waals surface area (Å²) in [6.07, 6.45) is 1.62. The summed E-state index contributed by atoms with van der Waals surface area (Å²) in [5.74, 6) is 0.935. The van der Waals surface area contributed by atoms with Crippen LogP contribution in [0.1, 0.15) is 30.1 Å². The normalized spacial score (nSPS) is 15.3. The maximum Gasteiger partial charge on any atom is 0.243 e. The first-order valence-corrected chi connectivity index (χ1v) is 13.3. The number of hydrogen-bond acceptors (Lipinski definition) is 4. The van der Waals surface area contributed by atoms with Gasteiger partial charge < -0.3 is 10.3 Å². The van der Waals surface area contributed by atoms with Crippen LogP contribution in [0.3, 0.4) is 0 Å². The van der Waals surface area contributed by atoms with Crippen LogP contribution in [-0.2, 0) is 21.2 Å². The average molecular weight is 509 g/mol. The summed E-state index contributed by atoms with van der Waals surface area (Å²) in [5.41, 5.74) is 3.32. The number of anilines is 1. The van der Waals surface area contributed by atoms with Crippen molar-refractivity contribution in [2.24, 2.45) is 0 Å². The third-order valence-corrected chi connectivity index (χ3v) is 8.47. The summed E-state index contributed by atoms with van der Waals surface area (Å²) >= 11 is 5.88. The Hall–Kier alpha value is -3.20. The first-order valence-electron chi connectivity index (χ1n) is 11.5. The number of H-pyrrole nitrogens is 1.